The van der Waals surface area contributed by atoms with Crippen molar-refractivity contribution in [2.75, 3.05) is 7.11 Å². The predicted octanol–water partition coefficient (Wildman–Crippen LogP) is 2.10. The first kappa shape index (κ1) is 15.7. The number of ether oxygens (including phenoxy) is 1. The fourth-order valence-electron chi connectivity index (χ4n) is 2.33. The highest BCUT2D eigenvalue weighted by molar-refractivity contribution is 6.36. The molecule has 2 amide bonds. The first-order chi connectivity index (χ1) is 11.7. The third-order valence-corrected chi connectivity index (χ3v) is 3.62. The molecule has 0 unspecified atom stereocenters. The number of carbonyl (C=O) groups excluding carboxylic acids is 2. The average Bonchev–Trinajstić information content (AvgIpc) is 2.61. The Labute approximate surface area is 139 Å². The lowest BCUT2D eigenvalue weighted by atomic mass is 10.0. The van der Waals surface area contributed by atoms with E-state index in [0.717, 1.165) is 11.3 Å². The van der Waals surface area contributed by atoms with Gasteiger partial charge >= 0.3 is 0 Å². The number of fused-ring (bicyclic) bond motifs is 1. The van der Waals surface area contributed by atoms with Crippen molar-refractivity contribution in [2.24, 2.45) is 15.0 Å². The highest BCUT2D eigenvalue weighted by atomic mass is 16.5. The number of hydrogen-bond donors (Lipinski definition) is 0. The van der Waals surface area contributed by atoms with Crippen LogP contribution in [-0.2, 0) is 16.0 Å². The minimum absolute atomic E-state index is 0.241. The van der Waals surface area contributed by atoms with E-state index in [0.29, 0.717) is 29.8 Å². The van der Waals surface area contributed by atoms with Gasteiger partial charge in [0.2, 0.25) is 5.91 Å². The molecule has 1 aromatic rings. The number of aryl methyl sites for hydroxylation is 1. The van der Waals surface area contributed by atoms with Crippen LogP contribution in [0.1, 0.15) is 12.0 Å². The molecule has 1 aliphatic heterocycles. The minimum Gasteiger partial charge on any atom is -0.497 e. The van der Waals surface area contributed by atoms with E-state index >= 15 is 0 Å². The zero-order valence-electron chi connectivity index (χ0n) is 13.1. The monoisotopic (exact) mass is 321 g/mol. The molecule has 1 aliphatic carbocycles. The van der Waals surface area contributed by atoms with E-state index in [2.05, 4.69) is 15.0 Å². The molecule has 3 rings (SSSR count). The summed E-state index contributed by atoms with van der Waals surface area (Å²) in [5.74, 6) is 0.166. The molecule has 1 heterocycles. The van der Waals surface area contributed by atoms with E-state index in [1.165, 1.54) is 6.34 Å². The molecule has 0 saturated heterocycles. The Kier molecular flexibility index (Phi) is 4.56. The lowest BCUT2D eigenvalue weighted by Gasteiger charge is -2.10. The second kappa shape index (κ2) is 6.95. The van der Waals surface area contributed by atoms with Crippen LogP contribution >= 0.6 is 0 Å². The van der Waals surface area contributed by atoms with Gasteiger partial charge in [-0.25, -0.2) is 9.98 Å². The van der Waals surface area contributed by atoms with E-state index in [9.17, 15) is 9.59 Å². The number of methoxy groups -OCH3 is 1. The SMILES string of the molecule is COc1ccc(CCC(=O)N=C2C=CC3=NC=NC(=O)C3=C2)cc1. The molecule has 120 valence electrons. The number of benzene rings is 1. The molecule has 0 atom stereocenters. The molecule has 0 bridgehead atoms. The summed E-state index contributed by atoms with van der Waals surface area (Å²) >= 11 is 0. The summed E-state index contributed by atoms with van der Waals surface area (Å²) in [4.78, 5) is 35.4. The third-order valence-electron chi connectivity index (χ3n) is 3.62. The Hall–Kier alpha value is -3.15. The Morgan fingerprint density at radius 1 is 1.21 bits per heavy atom. The molecular weight excluding hydrogens is 306 g/mol. The molecular formula is C18H15N3O3. The summed E-state index contributed by atoms with van der Waals surface area (Å²) in [6.45, 7) is 0. The fraction of sp³-hybridized carbons (Fsp3) is 0.167. The van der Waals surface area contributed by atoms with Gasteiger partial charge in [0, 0.05) is 6.42 Å². The van der Waals surface area contributed by atoms with Gasteiger partial charge in [0.25, 0.3) is 5.91 Å². The summed E-state index contributed by atoms with van der Waals surface area (Å²) in [6.07, 6.45) is 6.98. The summed E-state index contributed by atoms with van der Waals surface area (Å²) in [5.41, 5.74) is 2.38. The van der Waals surface area contributed by atoms with Crippen LogP contribution in [0.4, 0.5) is 0 Å². The van der Waals surface area contributed by atoms with Crippen LogP contribution in [-0.4, -0.2) is 36.7 Å². The third kappa shape index (κ3) is 3.60. The molecule has 6 nitrogen and oxygen atoms in total. The Morgan fingerprint density at radius 2 is 2.00 bits per heavy atom. The molecule has 0 aromatic heterocycles. The van der Waals surface area contributed by atoms with Crippen molar-refractivity contribution < 1.29 is 14.3 Å². The molecule has 0 saturated carbocycles. The number of allylic oxidation sites excluding steroid dienone is 3. The number of aliphatic imine (C=N–C) groups is 3. The fourth-order valence-corrected chi connectivity index (χ4v) is 2.33. The highest BCUT2D eigenvalue weighted by Crippen LogP contribution is 2.14. The van der Waals surface area contributed by atoms with E-state index in [1.807, 2.05) is 24.3 Å². The zero-order valence-corrected chi connectivity index (χ0v) is 13.1. The Balaban J connectivity index is 1.64. The molecule has 0 spiro atoms. The summed E-state index contributed by atoms with van der Waals surface area (Å²) in [6, 6.07) is 7.55. The van der Waals surface area contributed by atoms with Crippen molar-refractivity contribution in [3.05, 3.63) is 53.6 Å². The molecule has 2 aliphatic rings. The predicted molar refractivity (Wildman–Crippen MR) is 91.9 cm³/mol. The molecule has 0 N–H and O–H groups in total. The van der Waals surface area contributed by atoms with Crippen molar-refractivity contribution >= 4 is 29.6 Å². The largest absolute Gasteiger partial charge is 0.497 e. The highest BCUT2D eigenvalue weighted by Gasteiger charge is 2.20. The van der Waals surface area contributed by atoms with Crippen LogP contribution in [0.25, 0.3) is 0 Å². The van der Waals surface area contributed by atoms with Gasteiger partial charge < -0.3 is 4.74 Å². The summed E-state index contributed by atoms with van der Waals surface area (Å²) < 4.78 is 5.10. The van der Waals surface area contributed by atoms with Crippen molar-refractivity contribution in [2.45, 2.75) is 12.8 Å². The van der Waals surface area contributed by atoms with E-state index < -0.39 is 0 Å². The number of hydrogen-bond acceptors (Lipinski definition) is 4. The zero-order chi connectivity index (χ0) is 16.9. The number of rotatable bonds is 4. The standard InChI is InChI=1S/C18H15N3O3/c1-24-14-6-2-12(3-7-14)4-9-17(22)21-13-5-8-16-15(10-13)18(23)20-11-19-16/h2-3,5-8,10-11H,4,9H2,1H3. The Bertz CT molecular complexity index is 828. The molecule has 6 heteroatoms. The Morgan fingerprint density at radius 3 is 2.75 bits per heavy atom. The van der Waals surface area contributed by atoms with E-state index in [4.69, 9.17) is 4.74 Å². The molecule has 0 fully saturated rings. The van der Waals surface area contributed by atoms with Gasteiger partial charge in [0.15, 0.2) is 0 Å². The first-order valence-electron chi connectivity index (χ1n) is 7.45. The maximum atomic E-state index is 12.0. The average molecular weight is 321 g/mol. The second-order valence-corrected chi connectivity index (χ2v) is 5.23. The summed E-state index contributed by atoms with van der Waals surface area (Å²) in [7, 11) is 1.61. The first-order valence-corrected chi connectivity index (χ1v) is 7.45. The smallest absolute Gasteiger partial charge is 0.280 e. The lowest BCUT2D eigenvalue weighted by Crippen LogP contribution is -2.18. The maximum absolute atomic E-state index is 12.0. The van der Waals surface area contributed by atoms with Crippen LogP contribution in [0.2, 0.25) is 0 Å². The van der Waals surface area contributed by atoms with E-state index in [1.54, 1.807) is 25.3 Å². The van der Waals surface area contributed by atoms with Gasteiger partial charge in [-0.3, -0.25) is 9.59 Å². The normalized spacial score (nSPS) is 17.4. The molecule has 24 heavy (non-hydrogen) atoms. The molecule has 1 aromatic carbocycles. The van der Waals surface area contributed by atoms with Gasteiger partial charge in [-0.1, -0.05) is 12.1 Å². The van der Waals surface area contributed by atoms with Crippen LogP contribution in [0.3, 0.4) is 0 Å². The van der Waals surface area contributed by atoms with Gasteiger partial charge in [-0.15, -0.1) is 0 Å². The van der Waals surface area contributed by atoms with E-state index in [-0.39, 0.29) is 11.8 Å². The van der Waals surface area contributed by atoms with Gasteiger partial charge in [-0.05, 0) is 42.3 Å². The van der Waals surface area contributed by atoms with Crippen molar-refractivity contribution in [3.8, 4) is 5.75 Å². The van der Waals surface area contributed by atoms with Crippen molar-refractivity contribution in [1.82, 2.24) is 0 Å². The second-order valence-electron chi connectivity index (χ2n) is 5.23. The van der Waals surface area contributed by atoms with Gasteiger partial charge in [-0.2, -0.15) is 4.99 Å². The van der Waals surface area contributed by atoms with Gasteiger partial charge in [0.1, 0.15) is 12.1 Å². The quantitative estimate of drug-likeness (QED) is 0.796. The van der Waals surface area contributed by atoms with Crippen LogP contribution < -0.4 is 4.74 Å². The number of nitrogens with zero attached hydrogens (tertiary/aromatic N) is 3. The van der Waals surface area contributed by atoms with Crippen molar-refractivity contribution in [3.63, 3.8) is 0 Å². The maximum Gasteiger partial charge on any atom is 0.280 e. The minimum atomic E-state index is -0.372. The summed E-state index contributed by atoms with van der Waals surface area (Å²) in [5, 5.41) is 0. The van der Waals surface area contributed by atoms with Crippen LogP contribution in [0.5, 0.6) is 5.75 Å². The number of carbonyl (C=O) groups is 2. The lowest BCUT2D eigenvalue weighted by molar-refractivity contribution is -0.117. The number of amides is 2. The van der Waals surface area contributed by atoms with Crippen LogP contribution in [0, 0.1) is 0 Å². The molecule has 0 radical (unpaired) electrons. The van der Waals surface area contributed by atoms with Crippen LogP contribution in [0.15, 0.2) is 63.0 Å². The van der Waals surface area contributed by atoms with Crippen molar-refractivity contribution in [1.29, 1.82) is 0 Å². The van der Waals surface area contributed by atoms with Gasteiger partial charge in [0.05, 0.1) is 24.1 Å². The topological polar surface area (TPSA) is 80.4 Å².